The Morgan fingerprint density at radius 2 is 2.09 bits per heavy atom. The van der Waals surface area contributed by atoms with E-state index < -0.39 is 0 Å². The number of nitrogens with zero attached hydrogens (tertiary/aromatic N) is 1. The van der Waals surface area contributed by atoms with Crippen molar-refractivity contribution >= 4 is 29.1 Å². The minimum absolute atomic E-state index is 0.119. The van der Waals surface area contributed by atoms with E-state index in [2.05, 4.69) is 10.3 Å². The summed E-state index contributed by atoms with van der Waals surface area (Å²) >= 11 is 6.28. The molecule has 1 amide bonds. The van der Waals surface area contributed by atoms with Gasteiger partial charge in [-0.05, 0) is 23.8 Å². The number of hydrogen-bond donors (Lipinski definition) is 2. The second-order valence-corrected chi connectivity index (χ2v) is 5.62. The maximum atomic E-state index is 12.0. The average molecular weight is 334 g/mol. The van der Waals surface area contributed by atoms with E-state index >= 15 is 0 Å². The summed E-state index contributed by atoms with van der Waals surface area (Å²) in [7, 11) is 3.07. The van der Waals surface area contributed by atoms with Crippen molar-refractivity contribution in [1.29, 1.82) is 0 Å². The van der Waals surface area contributed by atoms with E-state index in [-0.39, 0.29) is 11.8 Å². The monoisotopic (exact) mass is 333 g/mol. The molecule has 7 heteroatoms. The lowest BCUT2D eigenvalue weighted by Gasteiger charge is -2.26. The molecule has 0 radical (unpaired) electrons. The highest BCUT2D eigenvalue weighted by atomic mass is 35.5. The largest absolute Gasteiger partial charge is 0.493 e. The first-order valence-electron chi connectivity index (χ1n) is 7.01. The number of pyridine rings is 1. The number of methoxy groups -OCH3 is 2. The van der Waals surface area contributed by atoms with E-state index in [1.165, 1.54) is 7.11 Å². The van der Waals surface area contributed by atoms with Gasteiger partial charge in [-0.3, -0.25) is 4.79 Å². The molecule has 0 spiro atoms. The summed E-state index contributed by atoms with van der Waals surface area (Å²) in [6.45, 7) is 0. The lowest BCUT2D eigenvalue weighted by Crippen LogP contribution is -2.24. The molecule has 0 saturated heterocycles. The van der Waals surface area contributed by atoms with Crippen LogP contribution in [0.25, 0.3) is 0 Å². The van der Waals surface area contributed by atoms with E-state index in [1.807, 2.05) is 12.1 Å². The molecule has 23 heavy (non-hydrogen) atoms. The van der Waals surface area contributed by atoms with Gasteiger partial charge in [-0.25, -0.2) is 4.98 Å². The van der Waals surface area contributed by atoms with Crippen molar-refractivity contribution in [1.82, 2.24) is 4.98 Å². The number of nitrogens with one attached hydrogen (secondary N) is 1. The fourth-order valence-electron chi connectivity index (χ4n) is 2.78. The van der Waals surface area contributed by atoms with Crippen LogP contribution in [0.3, 0.4) is 0 Å². The molecular weight excluding hydrogens is 318 g/mol. The Morgan fingerprint density at radius 1 is 1.30 bits per heavy atom. The van der Waals surface area contributed by atoms with Crippen molar-refractivity contribution < 1.29 is 14.3 Å². The van der Waals surface area contributed by atoms with Crippen LogP contribution in [0, 0.1) is 0 Å². The van der Waals surface area contributed by atoms with Gasteiger partial charge in [0.2, 0.25) is 5.91 Å². The number of fused-ring (bicyclic) bond motifs is 1. The second-order valence-electron chi connectivity index (χ2n) is 5.22. The minimum Gasteiger partial charge on any atom is -0.493 e. The number of benzene rings is 1. The lowest BCUT2D eigenvalue weighted by molar-refractivity contribution is -0.116. The summed E-state index contributed by atoms with van der Waals surface area (Å²) in [4.78, 5) is 16.2. The normalized spacial score (nSPS) is 16.5. The number of nitrogen functional groups attached to an aromatic ring is 1. The maximum absolute atomic E-state index is 12.0. The molecule has 1 aromatic carbocycles. The fraction of sp³-hybridized carbons (Fsp3) is 0.250. The van der Waals surface area contributed by atoms with Gasteiger partial charge in [0.25, 0.3) is 0 Å². The Labute approximate surface area is 138 Å². The molecule has 120 valence electrons. The number of amides is 1. The Balaban J connectivity index is 2.12. The van der Waals surface area contributed by atoms with Crippen molar-refractivity contribution in [2.45, 2.75) is 12.3 Å². The third-order valence-electron chi connectivity index (χ3n) is 3.83. The summed E-state index contributed by atoms with van der Waals surface area (Å²) < 4.78 is 10.6. The van der Waals surface area contributed by atoms with Gasteiger partial charge >= 0.3 is 0 Å². The van der Waals surface area contributed by atoms with Crippen molar-refractivity contribution in [3.05, 3.63) is 40.4 Å². The Morgan fingerprint density at radius 3 is 2.78 bits per heavy atom. The van der Waals surface area contributed by atoms with Gasteiger partial charge in [-0.15, -0.1) is 0 Å². The Hall–Kier alpha value is -2.47. The first-order valence-corrected chi connectivity index (χ1v) is 7.39. The highest BCUT2D eigenvalue weighted by Gasteiger charge is 2.29. The van der Waals surface area contributed by atoms with E-state index in [0.29, 0.717) is 34.6 Å². The van der Waals surface area contributed by atoms with Crippen LogP contribution in [0.5, 0.6) is 11.5 Å². The maximum Gasteiger partial charge on any atom is 0.226 e. The van der Waals surface area contributed by atoms with E-state index in [0.717, 1.165) is 11.1 Å². The van der Waals surface area contributed by atoms with Crippen molar-refractivity contribution in [2.75, 3.05) is 25.3 Å². The van der Waals surface area contributed by atoms with Crippen LogP contribution >= 0.6 is 11.6 Å². The number of anilines is 2. The molecule has 0 saturated carbocycles. The van der Waals surface area contributed by atoms with Crippen LogP contribution < -0.4 is 20.5 Å². The number of carbonyl (C=O) groups is 1. The number of hydrogen-bond acceptors (Lipinski definition) is 5. The minimum atomic E-state index is -0.177. The predicted octanol–water partition coefficient (Wildman–Crippen LogP) is 2.81. The zero-order chi connectivity index (χ0) is 16.6. The molecule has 6 nitrogen and oxygen atoms in total. The second kappa shape index (κ2) is 5.96. The molecule has 1 atom stereocenters. The zero-order valence-electron chi connectivity index (χ0n) is 12.7. The predicted molar refractivity (Wildman–Crippen MR) is 88.3 cm³/mol. The van der Waals surface area contributed by atoms with Crippen molar-refractivity contribution in [3.8, 4) is 11.5 Å². The number of carbonyl (C=O) groups excluding carboxylic acids is 1. The molecule has 0 aliphatic carbocycles. The van der Waals surface area contributed by atoms with Crippen LogP contribution in [-0.4, -0.2) is 25.1 Å². The quantitative estimate of drug-likeness (QED) is 0.902. The van der Waals surface area contributed by atoms with Crippen LogP contribution in [0.4, 0.5) is 11.6 Å². The molecule has 1 unspecified atom stereocenters. The summed E-state index contributed by atoms with van der Waals surface area (Å²) in [5.41, 5.74) is 7.45. The number of halogens is 1. The van der Waals surface area contributed by atoms with Gasteiger partial charge in [0, 0.05) is 17.9 Å². The fourth-order valence-corrected chi connectivity index (χ4v) is 3.08. The highest BCUT2D eigenvalue weighted by molar-refractivity contribution is 6.32. The van der Waals surface area contributed by atoms with E-state index in [1.54, 1.807) is 19.2 Å². The third kappa shape index (κ3) is 2.77. The van der Waals surface area contributed by atoms with Gasteiger partial charge in [-0.2, -0.15) is 0 Å². The summed E-state index contributed by atoms with van der Waals surface area (Å²) in [5, 5.41) is 3.18. The molecule has 0 bridgehead atoms. The van der Waals surface area contributed by atoms with Crippen molar-refractivity contribution in [3.63, 3.8) is 0 Å². The number of rotatable bonds is 3. The zero-order valence-corrected chi connectivity index (χ0v) is 13.5. The van der Waals surface area contributed by atoms with Gasteiger partial charge in [0.1, 0.15) is 11.6 Å². The first-order chi connectivity index (χ1) is 11.0. The van der Waals surface area contributed by atoms with Crippen LogP contribution in [0.15, 0.2) is 24.3 Å². The molecule has 2 heterocycles. The van der Waals surface area contributed by atoms with Crippen LogP contribution in [-0.2, 0) is 4.79 Å². The molecule has 2 aromatic rings. The average Bonchev–Trinajstić information content (AvgIpc) is 2.52. The molecule has 1 aliphatic heterocycles. The van der Waals surface area contributed by atoms with Crippen molar-refractivity contribution in [2.24, 2.45) is 0 Å². The lowest BCUT2D eigenvalue weighted by atomic mass is 9.86. The first kappa shape index (κ1) is 15.4. The highest BCUT2D eigenvalue weighted by Crippen LogP contribution is 2.42. The van der Waals surface area contributed by atoms with E-state index in [4.69, 9.17) is 26.8 Å². The standard InChI is InChI=1S/C16H16ClN3O3/c1-22-12-6-8(5-11(17)15(12)23-2)10-7-14(21)20-16-9(10)3-4-13(18)19-16/h3-6,10H,7H2,1-2H3,(H3,18,19,20,21). The van der Waals surface area contributed by atoms with Gasteiger partial charge < -0.3 is 20.5 Å². The molecule has 1 aromatic heterocycles. The smallest absolute Gasteiger partial charge is 0.226 e. The van der Waals surface area contributed by atoms with Gasteiger partial charge in [0.05, 0.1) is 19.2 Å². The SMILES string of the molecule is COc1cc(C2CC(=O)Nc3nc(N)ccc32)cc(Cl)c1OC. The Kier molecular flexibility index (Phi) is 4.00. The van der Waals surface area contributed by atoms with Gasteiger partial charge in [0.15, 0.2) is 11.5 Å². The molecule has 3 rings (SSSR count). The van der Waals surface area contributed by atoms with E-state index in [9.17, 15) is 4.79 Å². The number of ether oxygens (including phenoxy) is 2. The third-order valence-corrected chi connectivity index (χ3v) is 4.11. The molecule has 3 N–H and O–H groups in total. The van der Waals surface area contributed by atoms with Gasteiger partial charge in [-0.1, -0.05) is 17.7 Å². The Bertz CT molecular complexity index is 779. The number of aromatic nitrogens is 1. The summed E-state index contributed by atoms with van der Waals surface area (Å²) in [6, 6.07) is 7.19. The van der Waals surface area contributed by atoms with Crippen LogP contribution in [0.2, 0.25) is 5.02 Å². The summed E-state index contributed by atoms with van der Waals surface area (Å²) in [6.07, 6.45) is 0.296. The topological polar surface area (TPSA) is 86.5 Å². The molecular formula is C16H16ClN3O3. The summed E-state index contributed by atoms with van der Waals surface area (Å²) in [5.74, 6) is 1.53. The van der Waals surface area contributed by atoms with Crippen LogP contribution in [0.1, 0.15) is 23.5 Å². The number of nitrogens with two attached hydrogens (primary N) is 1. The molecule has 1 aliphatic rings. The molecule has 0 fully saturated rings.